The van der Waals surface area contributed by atoms with Crippen molar-refractivity contribution in [3.05, 3.63) is 52.0 Å². The lowest BCUT2D eigenvalue weighted by molar-refractivity contribution is 1.44. The topological polar surface area (TPSA) is 24.9 Å². The largest absolute Gasteiger partial charge is 0.330 e. The fraction of sp³-hybridized carbons (Fsp3) is 0. The summed E-state index contributed by atoms with van der Waals surface area (Å²) in [5, 5.41) is 4.77. The summed E-state index contributed by atoms with van der Waals surface area (Å²) < 4.78 is 2.14. The van der Waals surface area contributed by atoms with E-state index >= 15 is 0 Å². The van der Waals surface area contributed by atoms with Gasteiger partial charge in [0, 0.05) is 4.47 Å². The van der Waals surface area contributed by atoms with Crippen molar-refractivity contribution in [2.24, 2.45) is 0 Å². The molecule has 0 amide bonds. The van der Waals surface area contributed by atoms with Gasteiger partial charge in [-0.1, -0.05) is 51.0 Å². The molecule has 0 radical (unpaired) electrons. The van der Waals surface area contributed by atoms with E-state index in [-0.39, 0.29) is 0 Å². The number of para-hydroxylation sites is 1. The third-order valence-electron chi connectivity index (χ3n) is 2.46. The first-order valence-corrected chi connectivity index (χ1v) is 7.29. The first kappa shape index (κ1) is 12.0. The first-order chi connectivity index (χ1) is 8.72. The minimum atomic E-state index is 0.678. The number of hydrogen-bond acceptors (Lipinski definition) is 3. The monoisotopic (exact) mass is 338 g/mol. The second-order valence-electron chi connectivity index (χ2n) is 3.74. The highest BCUT2D eigenvalue weighted by Gasteiger charge is 2.06. The van der Waals surface area contributed by atoms with Crippen LogP contribution in [0, 0.1) is 0 Å². The maximum atomic E-state index is 6.14. The maximum Gasteiger partial charge on any atom is 0.188 e. The van der Waals surface area contributed by atoms with Crippen LogP contribution in [0.2, 0.25) is 5.02 Å². The first-order valence-electron chi connectivity index (χ1n) is 5.30. The summed E-state index contributed by atoms with van der Waals surface area (Å²) in [6.07, 6.45) is 0. The summed E-state index contributed by atoms with van der Waals surface area (Å²) in [7, 11) is 0. The van der Waals surface area contributed by atoms with Crippen molar-refractivity contribution < 1.29 is 0 Å². The number of benzene rings is 2. The van der Waals surface area contributed by atoms with Gasteiger partial charge in [0.25, 0.3) is 0 Å². The van der Waals surface area contributed by atoms with Crippen LogP contribution in [0.1, 0.15) is 0 Å². The molecule has 0 saturated carbocycles. The number of anilines is 2. The van der Waals surface area contributed by atoms with E-state index in [0.717, 1.165) is 25.5 Å². The van der Waals surface area contributed by atoms with Crippen LogP contribution >= 0.6 is 38.9 Å². The summed E-state index contributed by atoms with van der Waals surface area (Å²) in [5.74, 6) is 0. The molecule has 18 heavy (non-hydrogen) atoms. The van der Waals surface area contributed by atoms with Gasteiger partial charge >= 0.3 is 0 Å². The number of nitrogens with one attached hydrogen (secondary N) is 1. The third kappa shape index (κ3) is 2.36. The lowest BCUT2D eigenvalue weighted by atomic mass is 10.3. The van der Waals surface area contributed by atoms with Gasteiger partial charge in [0.1, 0.15) is 0 Å². The Labute approximate surface area is 122 Å². The normalized spacial score (nSPS) is 10.8. The standard InChI is InChI=1S/C13H8BrClN2S/c14-8-5-6-9(15)11(7-8)17-13-16-10-3-1-2-4-12(10)18-13/h1-7H,(H,16,17). The van der Waals surface area contributed by atoms with Gasteiger partial charge < -0.3 is 5.32 Å². The molecule has 3 rings (SSSR count). The highest BCUT2D eigenvalue weighted by atomic mass is 79.9. The zero-order valence-corrected chi connectivity index (χ0v) is 12.3. The Morgan fingerprint density at radius 3 is 2.83 bits per heavy atom. The second kappa shape index (κ2) is 4.88. The lowest BCUT2D eigenvalue weighted by Crippen LogP contribution is -1.90. The fourth-order valence-electron chi connectivity index (χ4n) is 1.63. The van der Waals surface area contributed by atoms with Crippen molar-refractivity contribution in [3.8, 4) is 0 Å². The molecule has 0 saturated heterocycles. The molecule has 0 aliphatic rings. The smallest absolute Gasteiger partial charge is 0.188 e. The number of halogens is 2. The zero-order valence-electron chi connectivity index (χ0n) is 9.15. The summed E-state index contributed by atoms with van der Waals surface area (Å²) in [6, 6.07) is 13.7. The molecule has 0 fully saturated rings. The van der Waals surface area contributed by atoms with Gasteiger partial charge in [-0.3, -0.25) is 0 Å². The predicted molar refractivity (Wildman–Crippen MR) is 82.1 cm³/mol. The molecular weight excluding hydrogens is 332 g/mol. The molecule has 0 aliphatic heterocycles. The summed E-state index contributed by atoms with van der Waals surface area (Å²) in [6.45, 7) is 0. The maximum absolute atomic E-state index is 6.14. The Morgan fingerprint density at radius 2 is 2.00 bits per heavy atom. The number of rotatable bonds is 2. The van der Waals surface area contributed by atoms with Gasteiger partial charge in [0.2, 0.25) is 0 Å². The Hall–Kier alpha value is -1.10. The lowest BCUT2D eigenvalue weighted by Gasteiger charge is -2.05. The molecule has 5 heteroatoms. The van der Waals surface area contributed by atoms with Crippen LogP contribution in [0.25, 0.3) is 10.2 Å². The summed E-state index contributed by atoms with van der Waals surface area (Å²) in [4.78, 5) is 4.51. The highest BCUT2D eigenvalue weighted by molar-refractivity contribution is 9.10. The van der Waals surface area contributed by atoms with Crippen molar-refractivity contribution in [3.63, 3.8) is 0 Å². The van der Waals surface area contributed by atoms with E-state index in [0.29, 0.717) is 5.02 Å². The Kier molecular flexibility index (Phi) is 3.24. The van der Waals surface area contributed by atoms with Gasteiger partial charge in [0.15, 0.2) is 5.13 Å². The van der Waals surface area contributed by atoms with Crippen LogP contribution in [0.5, 0.6) is 0 Å². The zero-order chi connectivity index (χ0) is 12.5. The molecule has 0 bridgehead atoms. The van der Waals surface area contributed by atoms with E-state index in [1.807, 2.05) is 36.4 Å². The van der Waals surface area contributed by atoms with E-state index in [1.165, 1.54) is 0 Å². The average molecular weight is 340 g/mol. The van der Waals surface area contributed by atoms with Crippen molar-refractivity contribution in [1.82, 2.24) is 4.98 Å². The molecule has 1 heterocycles. The molecule has 3 aromatic rings. The van der Waals surface area contributed by atoms with Crippen LogP contribution in [0.4, 0.5) is 10.8 Å². The van der Waals surface area contributed by atoms with Gasteiger partial charge in [0.05, 0.1) is 20.9 Å². The molecule has 0 unspecified atom stereocenters. The van der Waals surface area contributed by atoms with Gasteiger partial charge in [-0.05, 0) is 30.3 Å². The number of hydrogen-bond donors (Lipinski definition) is 1. The number of fused-ring (bicyclic) bond motifs is 1. The molecular formula is C13H8BrClN2S. The van der Waals surface area contributed by atoms with Crippen LogP contribution in [-0.2, 0) is 0 Å². The summed E-state index contributed by atoms with van der Waals surface area (Å²) >= 11 is 11.2. The Bertz CT molecular complexity index is 678. The number of aromatic nitrogens is 1. The molecule has 90 valence electrons. The Morgan fingerprint density at radius 1 is 1.17 bits per heavy atom. The minimum Gasteiger partial charge on any atom is -0.330 e. The minimum absolute atomic E-state index is 0.678. The van der Waals surface area contributed by atoms with Crippen LogP contribution < -0.4 is 5.32 Å². The van der Waals surface area contributed by atoms with E-state index in [9.17, 15) is 0 Å². The van der Waals surface area contributed by atoms with Crippen LogP contribution in [0.3, 0.4) is 0 Å². The molecule has 0 aliphatic carbocycles. The van der Waals surface area contributed by atoms with Crippen molar-refractivity contribution in [2.45, 2.75) is 0 Å². The third-order valence-corrected chi connectivity index (χ3v) is 4.24. The molecule has 1 N–H and O–H groups in total. The van der Waals surface area contributed by atoms with Crippen molar-refractivity contribution >= 4 is 59.9 Å². The van der Waals surface area contributed by atoms with E-state index in [2.05, 4.69) is 32.3 Å². The van der Waals surface area contributed by atoms with E-state index < -0.39 is 0 Å². The van der Waals surface area contributed by atoms with Crippen LogP contribution in [0.15, 0.2) is 46.9 Å². The summed E-state index contributed by atoms with van der Waals surface area (Å²) in [5.41, 5.74) is 1.85. The second-order valence-corrected chi connectivity index (χ2v) is 6.09. The quantitative estimate of drug-likeness (QED) is 0.671. The SMILES string of the molecule is Clc1ccc(Br)cc1Nc1nc2ccccc2s1. The van der Waals surface area contributed by atoms with Gasteiger partial charge in [-0.15, -0.1) is 0 Å². The average Bonchev–Trinajstić information content (AvgIpc) is 2.76. The van der Waals surface area contributed by atoms with E-state index in [4.69, 9.17) is 11.6 Å². The molecule has 1 aromatic heterocycles. The highest BCUT2D eigenvalue weighted by Crippen LogP contribution is 2.32. The molecule has 2 aromatic carbocycles. The molecule has 0 atom stereocenters. The fourth-order valence-corrected chi connectivity index (χ4v) is 3.04. The molecule has 2 nitrogen and oxygen atoms in total. The number of nitrogens with zero attached hydrogens (tertiary/aromatic N) is 1. The Balaban J connectivity index is 1.98. The van der Waals surface area contributed by atoms with Gasteiger partial charge in [-0.25, -0.2) is 4.98 Å². The van der Waals surface area contributed by atoms with E-state index in [1.54, 1.807) is 11.3 Å². The molecule has 0 spiro atoms. The van der Waals surface area contributed by atoms with Gasteiger partial charge in [-0.2, -0.15) is 0 Å². The van der Waals surface area contributed by atoms with Crippen LogP contribution in [-0.4, -0.2) is 4.98 Å². The number of thiazole rings is 1. The van der Waals surface area contributed by atoms with Crippen molar-refractivity contribution in [1.29, 1.82) is 0 Å². The van der Waals surface area contributed by atoms with Crippen molar-refractivity contribution in [2.75, 3.05) is 5.32 Å². The predicted octanol–water partition coefficient (Wildman–Crippen LogP) is 5.46.